The second kappa shape index (κ2) is 6.16. The standard InChI is InChI=1S/C16H22N2O3/c1-4-16(2)15(20)18(11-14(19)17-16)10-9-12-7-5-6-8-13(12)21-3/h5-8H,4,9-11H2,1-3H3,(H,17,19). The number of para-hydroxylation sites is 1. The summed E-state index contributed by atoms with van der Waals surface area (Å²) < 4.78 is 5.31. The molecule has 0 bridgehead atoms. The van der Waals surface area contributed by atoms with Crippen molar-refractivity contribution in [1.29, 1.82) is 0 Å². The Morgan fingerprint density at radius 3 is 2.71 bits per heavy atom. The molecule has 1 saturated heterocycles. The molecular formula is C16H22N2O3. The Bertz CT molecular complexity index is 544. The van der Waals surface area contributed by atoms with Crippen LogP contribution in [0.2, 0.25) is 0 Å². The van der Waals surface area contributed by atoms with Gasteiger partial charge in [0.1, 0.15) is 11.3 Å². The smallest absolute Gasteiger partial charge is 0.248 e. The van der Waals surface area contributed by atoms with Gasteiger partial charge in [-0.05, 0) is 31.4 Å². The van der Waals surface area contributed by atoms with Crippen molar-refractivity contribution < 1.29 is 14.3 Å². The summed E-state index contributed by atoms with van der Waals surface area (Å²) >= 11 is 0. The van der Waals surface area contributed by atoms with Gasteiger partial charge in [-0.1, -0.05) is 25.1 Å². The lowest BCUT2D eigenvalue weighted by molar-refractivity contribution is -0.149. The first-order valence-electron chi connectivity index (χ1n) is 7.22. The second-order valence-electron chi connectivity index (χ2n) is 5.52. The third-order valence-electron chi connectivity index (χ3n) is 4.06. The van der Waals surface area contributed by atoms with E-state index in [-0.39, 0.29) is 18.4 Å². The van der Waals surface area contributed by atoms with Crippen LogP contribution in [0, 0.1) is 0 Å². The minimum absolute atomic E-state index is 0.0144. The molecule has 1 aromatic carbocycles. The van der Waals surface area contributed by atoms with E-state index >= 15 is 0 Å². The van der Waals surface area contributed by atoms with Crippen molar-refractivity contribution in [3.05, 3.63) is 29.8 Å². The molecule has 1 aliphatic rings. The quantitative estimate of drug-likeness (QED) is 0.891. The van der Waals surface area contributed by atoms with E-state index in [0.29, 0.717) is 19.4 Å². The lowest BCUT2D eigenvalue weighted by atomic mass is 9.94. The molecule has 0 spiro atoms. The maximum Gasteiger partial charge on any atom is 0.248 e. The molecule has 5 nitrogen and oxygen atoms in total. The first-order valence-corrected chi connectivity index (χ1v) is 7.22. The topological polar surface area (TPSA) is 58.6 Å². The van der Waals surface area contributed by atoms with Crippen LogP contribution in [0.25, 0.3) is 0 Å². The van der Waals surface area contributed by atoms with Gasteiger partial charge < -0.3 is 15.0 Å². The largest absolute Gasteiger partial charge is 0.496 e. The number of nitrogens with one attached hydrogen (secondary N) is 1. The molecule has 1 unspecified atom stereocenters. The molecule has 1 N–H and O–H groups in total. The van der Waals surface area contributed by atoms with E-state index in [9.17, 15) is 9.59 Å². The Balaban J connectivity index is 2.08. The summed E-state index contributed by atoms with van der Waals surface area (Å²) in [6, 6.07) is 7.73. The Hall–Kier alpha value is -2.04. The number of carbonyl (C=O) groups is 2. The van der Waals surface area contributed by atoms with E-state index < -0.39 is 5.54 Å². The van der Waals surface area contributed by atoms with Crippen molar-refractivity contribution in [3.8, 4) is 5.75 Å². The molecule has 114 valence electrons. The van der Waals surface area contributed by atoms with Crippen LogP contribution < -0.4 is 10.1 Å². The molecule has 1 heterocycles. The van der Waals surface area contributed by atoms with Crippen molar-refractivity contribution in [2.24, 2.45) is 0 Å². The van der Waals surface area contributed by atoms with E-state index in [1.165, 1.54) is 0 Å². The monoisotopic (exact) mass is 290 g/mol. The van der Waals surface area contributed by atoms with Crippen molar-refractivity contribution in [3.63, 3.8) is 0 Å². The van der Waals surface area contributed by atoms with Crippen molar-refractivity contribution >= 4 is 11.8 Å². The van der Waals surface area contributed by atoms with Crippen LogP contribution in [-0.4, -0.2) is 42.5 Å². The molecule has 2 rings (SSSR count). The van der Waals surface area contributed by atoms with Gasteiger partial charge >= 0.3 is 0 Å². The first kappa shape index (κ1) is 15.4. The van der Waals surface area contributed by atoms with Crippen LogP contribution >= 0.6 is 0 Å². The lowest BCUT2D eigenvalue weighted by Crippen LogP contribution is -2.65. The van der Waals surface area contributed by atoms with Gasteiger partial charge in [-0.3, -0.25) is 9.59 Å². The van der Waals surface area contributed by atoms with E-state index in [1.54, 1.807) is 18.9 Å². The Kier molecular flexibility index (Phi) is 4.50. The molecule has 1 fully saturated rings. The second-order valence-corrected chi connectivity index (χ2v) is 5.52. The number of rotatable bonds is 5. The number of ether oxygens (including phenoxy) is 1. The van der Waals surface area contributed by atoms with Crippen molar-refractivity contribution in [1.82, 2.24) is 10.2 Å². The molecule has 2 amide bonds. The average molecular weight is 290 g/mol. The number of methoxy groups -OCH3 is 1. The van der Waals surface area contributed by atoms with E-state index in [2.05, 4.69) is 5.32 Å². The summed E-state index contributed by atoms with van der Waals surface area (Å²) in [5, 5.41) is 2.79. The molecule has 0 radical (unpaired) electrons. The highest BCUT2D eigenvalue weighted by atomic mass is 16.5. The number of hydrogen-bond donors (Lipinski definition) is 1. The summed E-state index contributed by atoms with van der Waals surface area (Å²) in [5.74, 6) is 0.697. The van der Waals surface area contributed by atoms with Crippen LogP contribution in [0.4, 0.5) is 0 Å². The van der Waals surface area contributed by atoms with Gasteiger partial charge in [0.2, 0.25) is 11.8 Å². The van der Waals surface area contributed by atoms with Crippen molar-refractivity contribution in [2.45, 2.75) is 32.2 Å². The molecule has 5 heteroatoms. The van der Waals surface area contributed by atoms with Crippen LogP contribution in [-0.2, 0) is 16.0 Å². The van der Waals surface area contributed by atoms with Gasteiger partial charge in [-0.25, -0.2) is 0 Å². The van der Waals surface area contributed by atoms with Crippen LogP contribution in [0.15, 0.2) is 24.3 Å². The van der Waals surface area contributed by atoms with Crippen LogP contribution in [0.1, 0.15) is 25.8 Å². The maximum atomic E-state index is 12.5. The van der Waals surface area contributed by atoms with Gasteiger partial charge in [0, 0.05) is 6.54 Å². The fourth-order valence-electron chi connectivity index (χ4n) is 2.58. The molecular weight excluding hydrogens is 268 g/mol. The highest BCUT2D eigenvalue weighted by Gasteiger charge is 2.41. The van der Waals surface area contributed by atoms with Gasteiger partial charge in [0.15, 0.2) is 0 Å². The molecule has 0 aromatic heterocycles. The molecule has 1 aromatic rings. The number of benzene rings is 1. The third-order valence-corrected chi connectivity index (χ3v) is 4.06. The number of amides is 2. The number of carbonyl (C=O) groups excluding carboxylic acids is 2. The molecule has 1 aliphatic heterocycles. The van der Waals surface area contributed by atoms with Gasteiger partial charge in [-0.15, -0.1) is 0 Å². The average Bonchev–Trinajstić information content (AvgIpc) is 2.49. The summed E-state index contributed by atoms with van der Waals surface area (Å²) in [4.78, 5) is 25.9. The molecule has 1 atom stereocenters. The minimum atomic E-state index is -0.782. The van der Waals surface area contributed by atoms with Gasteiger partial charge in [0.25, 0.3) is 0 Å². The summed E-state index contributed by atoms with van der Waals surface area (Å²) in [5.41, 5.74) is 0.257. The van der Waals surface area contributed by atoms with E-state index in [4.69, 9.17) is 4.74 Å². The Morgan fingerprint density at radius 2 is 2.05 bits per heavy atom. The molecule has 0 saturated carbocycles. The van der Waals surface area contributed by atoms with E-state index in [0.717, 1.165) is 11.3 Å². The predicted octanol–water partition coefficient (Wildman–Crippen LogP) is 1.36. The van der Waals surface area contributed by atoms with Gasteiger partial charge in [0.05, 0.1) is 13.7 Å². The zero-order chi connectivity index (χ0) is 15.5. The fraction of sp³-hybridized carbons (Fsp3) is 0.500. The summed E-state index contributed by atoms with van der Waals surface area (Å²) in [7, 11) is 1.63. The highest BCUT2D eigenvalue weighted by molar-refractivity contribution is 5.97. The van der Waals surface area contributed by atoms with Gasteiger partial charge in [-0.2, -0.15) is 0 Å². The zero-order valence-electron chi connectivity index (χ0n) is 12.8. The SMILES string of the molecule is CCC1(C)NC(=O)CN(CCc2ccccc2OC)C1=O. The van der Waals surface area contributed by atoms with Crippen LogP contribution in [0.3, 0.4) is 0 Å². The Morgan fingerprint density at radius 1 is 1.33 bits per heavy atom. The number of hydrogen-bond acceptors (Lipinski definition) is 3. The van der Waals surface area contributed by atoms with Crippen molar-refractivity contribution in [2.75, 3.05) is 20.2 Å². The number of piperazine rings is 1. The zero-order valence-corrected chi connectivity index (χ0v) is 12.8. The lowest BCUT2D eigenvalue weighted by Gasteiger charge is -2.39. The highest BCUT2D eigenvalue weighted by Crippen LogP contribution is 2.21. The van der Waals surface area contributed by atoms with E-state index in [1.807, 2.05) is 31.2 Å². The summed E-state index contributed by atoms with van der Waals surface area (Å²) in [6.45, 7) is 4.33. The maximum absolute atomic E-state index is 12.5. The third kappa shape index (κ3) is 3.17. The molecule has 0 aliphatic carbocycles. The first-order chi connectivity index (χ1) is 10.00. The number of nitrogens with zero attached hydrogens (tertiary/aromatic N) is 1. The summed E-state index contributed by atoms with van der Waals surface area (Å²) in [6.07, 6.45) is 1.26. The Labute approximate surface area is 125 Å². The predicted molar refractivity (Wildman–Crippen MR) is 80.1 cm³/mol. The normalized spacial score (nSPS) is 22.1. The fourth-order valence-corrected chi connectivity index (χ4v) is 2.58. The molecule has 21 heavy (non-hydrogen) atoms. The van der Waals surface area contributed by atoms with Crippen LogP contribution in [0.5, 0.6) is 5.75 Å². The minimum Gasteiger partial charge on any atom is -0.496 e.